The molecule has 7 amide bonds. The van der Waals surface area contributed by atoms with Gasteiger partial charge in [0.25, 0.3) is 41.4 Å². The summed E-state index contributed by atoms with van der Waals surface area (Å²) >= 11 is 24.9. The molecule has 16 rings (SSSR count). The predicted molar refractivity (Wildman–Crippen MR) is 490 cm³/mol. The number of nitrogens with one attached hydrogen (secondary N) is 7. The van der Waals surface area contributed by atoms with E-state index in [4.69, 9.17) is 46.4 Å². The maximum Gasteiger partial charge on any atom is 0.258 e. The molecule has 12 aromatic rings. The van der Waals surface area contributed by atoms with Gasteiger partial charge < -0.3 is 37.2 Å². The zero-order valence-corrected chi connectivity index (χ0v) is 72.5. The van der Waals surface area contributed by atoms with Crippen LogP contribution in [0.15, 0.2) is 261 Å². The largest absolute Gasteiger partial charge is 0.322 e. The van der Waals surface area contributed by atoms with Crippen molar-refractivity contribution in [3.63, 3.8) is 0 Å². The Balaban J connectivity index is 0.000000144. The van der Waals surface area contributed by atoms with E-state index in [1.54, 1.807) is 177 Å². The highest BCUT2D eigenvalue weighted by molar-refractivity contribution is 7.94. The fourth-order valence-corrected chi connectivity index (χ4v) is 20.6. The fourth-order valence-electron chi connectivity index (χ4n) is 13.6. The van der Waals surface area contributed by atoms with Crippen LogP contribution in [0, 0.1) is 12.7 Å². The first kappa shape index (κ1) is 90.0. The van der Waals surface area contributed by atoms with E-state index in [9.17, 15) is 71.6 Å². The van der Waals surface area contributed by atoms with Gasteiger partial charge in [-0.2, -0.15) is 0 Å². The number of anilines is 11. The van der Waals surface area contributed by atoms with Crippen molar-refractivity contribution in [3.8, 4) is 0 Å². The number of hydrogen-bond donors (Lipinski definition) is 7. The van der Waals surface area contributed by atoms with Crippen LogP contribution in [0.25, 0.3) is 10.9 Å². The van der Waals surface area contributed by atoms with Crippen LogP contribution in [-0.2, 0) is 40.1 Å². The molecule has 11 aromatic carbocycles. The van der Waals surface area contributed by atoms with E-state index in [2.05, 4.69) is 42.2 Å². The molecule has 4 aliphatic heterocycles. The molecule has 0 spiro atoms. The number of rotatable bonds is 18. The molecule has 125 heavy (non-hydrogen) atoms. The molecule has 0 radical (unpaired) electrons. The van der Waals surface area contributed by atoms with Crippen LogP contribution in [0.2, 0.25) is 20.1 Å². The standard InChI is InChI=1S/C24H22ClN3O4S.C23H19Cl2N3O4S.C23H19ClFN3O4S.C19H17N3O3S/c1-16-14-19(28-12-5-13-33(28,31)32)9-10-20(16)24(30)26-18-8-11-21(25)22(15-18)27-23(29)17-6-3-2-4-7-17;2*24-19-10-7-16(13-21(19)27-22(29)15-5-2-1-3-6-15)26-23(30)18-9-8-17(14-20(18)25)28-11-4-12-33(28,31)32;23-19(21-16-7-4-14-3-1-10-20-18(14)13-16)15-5-8-17(9-6-15)22-11-2-12-26(22,24)25/h2-4,6-11,14-15H,5,12-13H2,1H3,(H,26,30)(H,27,29);2*1-3,5-10,13-14H,4,11-12H2,(H,26,30)(H,27,29);1,3-10,13H,2,11-12H2,(H,21,23). The summed E-state index contributed by atoms with van der Waals surface area (Å²) in [7, 11) is -13.3. The molecule has 4 fully saturated rings. The monoisotopic (exact) mass is 1840 g/mol. The van der Waals surface area contributed by atoms with Gasteiger partial charge >= 0.3 is 0 Å². The molecule has 0 atom stereocenters. The second-order valence-corrected chi connectivity index (χ2v) is 38.3. The summed E-state index contributed by atoms with van der Waals surface area (Å²) in [6.45, 7) is 3.34. The zero-order valence-electron chi connectivity index (χ0n) is 66.2. The van der Waals surface area contributed by atoms with E-state index >= 15 is 0 Å². The number of fused-ring (bicyclic) bond motifs is 1. The summed E-state index contributed by atoms with van der Waals surface area (Å²) < 4.78 is 116. The molecular formula is C89H77Cl4FN12O15S4. The SMILES string of the molecule is Cc1cc(N2CCCS2(=O)=O)ccc1C(=O)Nc1ccc(Cl)c(NC(=O)c2ccccc2)c1.O=C(Nc1cc(NC(=O)c2ccc(N3CCCS3(=O)=O)cc2Cl)ccc1Cl)c1ccccc1.O=C(Nc1cc(NC(=O)c2ccc(N3CCCS3(=O)=O)cc2F)ccc1Cl)c1ccccc1.O=C(Nc1ccc2cccnc2c1)c1ccc(N2CCCS2(=O)=O)cc1. The van der Waals surface area contributed by atoms with Crippen LogP contribution in [-0.4, -0.2) is 129 Å². The normalized spacial score (nSPS) is 14.9. The summed E-state index contributed by atoms with van der Waals surface area (Å²) in [6.07, 6.45) is 3.93. The molecule has 4 aliphatic rings. The van der Waals surface area contributed by atoms with E-state index in [1.165, 1.54) is 55.4 Å². The number of pyridine rings is 1. The molecule has 0 unspecified atom stereocenters. The van der Waals surface area contributed by atoms with Crippen molar-refractivity contribution in [3.05, 3.63) is 331 Å². The first-order chi connectivity index (χ1) is 59.8. The second kappa shape index (κ2) is 39.4. The van der Waals surface area contributed by atoms with Gasteiger partial charge in [-0.25, -0.2) is 38.1 Å². The van der Waals surface area contributed by atoms with Gasteiger partial charge in [0.05, 0.1) is 99.6 Å². The maximum absolute atomic E-state index is 14.7. The van der Waals surface area contributed by atoms with Crippen molar-refractivity contribution in [2.45, 2.75) is 32.6 Å². The van der Waals surface area contributed by atoms with Crippen LogP contribution >= 0.6 is 46.4 Å². The minimum absolute atomic E-state index is 0.0105. The minimum atomic E-state index is -3.46. The van der Waals surface area contributed by atoms with Crippen molar-refractivity contribution in [1.82, 2.24) is 4.98 Å². The molecule has 642 valence electrons. The fraction of sp³-hybridized carbons (Fsp3) is 0.146. The molecule has 7 N–H and O–H groups in total. The minimum Gasteiger partial charge on any atom is -0.322 e. The number of nitrogens with zero attached hydrogens (tertiary/aromatic N) is 5. The number of sulfonamides is 4. The third-order valence-electron chi connectivity index (χ3n) is 19.9. The Labute approximate surface area is 740 Å². The molecule has 5 heterocycles. The highest BCUT2D eigenvalue weighted by atomic mass is 35.5. The number of amides is 7. The smallest absolute Gasteiger partial charge is 0.258 e. The number of aryl methyl sites for hydroxylation is 1. The lowest BCUT2D eigenvalue weighted by atomic mass is 10.1. The van der Waals surface area contributed by atoms with Crippen LogP contribution in [0.3, 0.4) is 0 Å². The Morgan fingerprint density at radius 3 is 1.03 bits per heavy atom. The highest BCUT2D eigenvalue weighted by Crippen LogP contribution is 2.36. The van der Waals surface area contributed by atoms with E-state index in [0.29, 0.717) is 140 Å². The molecular weight excluding hydrogens is 1770 g/mol. The molecule has 4 saturated heterocycles. The Morgan fingerprint density at radius 2 is 0.640 bits per heavy atom. The van der Waals surface area contributed by atoms with E-state index in [1.807, 2.05) is 42.5 Å². The van der Waals surface area contributed by atoms with Gasteiger partial charge in [0, 0.05) is 88.3 Å². The number of halogens is 5. The topological polar surface area (TPSA) is 366 Å². The molecule has 0 bridgehead atoms. The third kappa shape index (κ3) is 22.4. The van der Waals surface area contributed by atoms with Gasteiger partial charge in [-0.1, -0.05) is 113 Å². The molecule has 1 aromatic heterocycles. The van der Waals surface area contributed by atoms with Crippen molar-refractivity contribution in [1.29, 1.82) is 0 Å². The number of hydrogen-bond acceptors (Lipinski definition) is 16. The Kier molecular flexibility index (Phi) is 28.3. The first-order valence-corrected chi connectivity index (χ1v) is 46.6. The quantitative estimate of drug-likeness (QED) is 0.0420. The lowest BCUT2D eigenvalue weighted by Gasteiger charge is -2.18. The summed E-state index contributed by atoms with van der Waals surface area (Å²) in [5, 5.41) is 21.1. The number of carbonyl (C=O) groups excluding carboxylic acids is 7. The molecule has 0 saturated carbocycles. The summed E-state index contributed by atoms with van der Waals surface area (Å²) in [4.78, 5) is 92.3. The van der Waals surface area contributed by atoms with E-state index in [-0.39, 0.29) is 91.6 Å². The summed E-state index contributed by atoms with van der Waals surface area (Å²) in [5.41, 5.74) is 8.19. The average molecular weight is 1840 g/mol. The van der Waals surface area contributed by atoms with Crippen LogP contribution in [0.5, 0.6) is 0 Å². The van der Waals surface area contributed by atoms with Crippen molar-refractivity contribution in [2.24, 2.45) is 0 Å². The molecule has 36 heteroatoms. The lowest BCUT2D eigenvalue weighted by Crippen LogP contribution is -2.25. The van der Waals surface area contributed by atoms with E-state index in [0.717, 1.165) is 21.3 Å². The van der Waals surface area contributed by atoms with Crippen LogP contribution in [0.1, 0.15) is 104 Å². The third-order valence-corrected chi connectivity index (χ3v) is 28.7. The van der Waals surface area contributed by atoms with Crippen molar-refractivity contribution < 1.29 is 71.6 Å². The summed E-state index contributed by atoms with van der Waals surface area (Å²) in [6, 6.07) is 69.0. The van der Waals surface area contributed by atoms with Crippen LogP contribution < -0.4 is 54.4 Å². The number of carbonyl (C=O) groups is 7. The van der Waals surface area contributed by atoms with Crippen molar-refractivity contribution in [2.75, 3.05) is 104 Å². The molecule has 27 nitrogen and oxygen atoms in total. The Morgan fingerprint density at radius 1 is 0.312 bits per heavy atom. The first-order valence-electron chi connectivity index (χ1n) is 38.7. The van der Waals surface area contributed by atoms with Crippen LogP contribution in [0.4, 0.5) is 67.0 Å². The summed E-state index contributed by atoms with van der Waals surface area (Å²) in [5.74, 6) is -3.30. The van der Waals surface area contributed by atoms with E-state index < -0.39 is 57.7 Å². The van der Waals surface area contributed by atoms with Gasteiger partial charge in [-0.15, -0.1) is 0 Å². The van der Waals surface area contributed by atoms with Gasteiger partial charge in [-0.3, -0.25) is 55.8 Å². The van der Waals surface area contributed by atoms with Crippen molar-refractivity contribution >= 4 is 201 Å². The Hall–Kier alpha value is -12.8. The van der Waals surface area contributed by atoms with Gasteiger partial charge in [0.1, 0.15) is 5.82 Å². The van der Waals surface area contributed by atoms with Gasteiger partial charge in [0.15, 0.2) is 0 Å². The molecule has 0 aliphatic carbocycles. The van der Waals surface area contributed by atoms with Gasteiger partial charge in [-0.05, 0) is 226 Å². The average Bonchev–Trinajstić information content (AvgIpc) is 1.75. The second-order valence-electron chi connectivity index (χ2n) is 28.6. The Bertz CT molecular complexity index is 6170. The number of benzene rings is 11. The maximum atomic E-state index is 14.7. The lowest BCUT2D eigenvalue weighted by molar-refractivity contribution is 0.101. The number of aromatic nitrogens is 1. The van der Waals surface area contributed by atoms with Gasteiger partial charge in [0.2, 0.25) is 40.1 Å². The highest BCUT2D eigenvalue weighted by Gasteiger charge is 2.33. The zero-order chi connectivity index (χ0) is 88.9. The predicted octanol–water partition coefficient (Wildman–Crippen LogP) is 17.3.